The van der Waals surface area contributed by atoms with Crippen LogP contribution in [-0.4, -0.2) is 4.98 Å². The van der Waals surface area contributed by atoms with Crippen molar-refractivity contribution in [1.82, 2.24) is 4.98 Å². The lowest BCUT2D eigenvalue weighted by Crippen LogP contribution is -1.96. The molecule has 19 heavy (non-hydrogen) atoms. The normalized spacial score (nSPS) is 10.3. The summed E-state index contributed by atoms with van der Waals surface area (Å²) in [6.07, 6.45) is 1.91. The Morgan fingerprint density at radius 3 is 2.74 bits per heavy atom. The smallest absolute Gasteiger partial charge is 0.0992 e. The molecule has 3 rings (SSSR count). The fourth-order valence-electron chi connectivity index (χ4n) is 2.07. The van der Waals surface area contributed by atoms with Crippen LogP contribution in [0.25, 0.3) is 10.9 Å². The summed E-state index contributed by atoms with van der Waals surface area (Å²) in [4.78, 5) is 3.19. The number of anilines is 3. The van der Waals surface area contributed by atoms with Crippen molar-refractivity contribution in [3.8, 4) is 6.07 Å². The van der Waals surface area contributed by atoms with E-state index in [1.54, 1.807) is 12.1 Å². The van der Waals surface area contributed by atoms with E-state index in [0.29, 0.717) is 11.3 Å². The van der Waals surface area contributed by atoms with Gasteiger partial charge in [0.1, 0.15) is 0 Å². The summed E-state index contributed by atoms with van der Waals surface area (Å²) in [5, 5.41) is 13.2. The Balaban J connectivity index is 2.00. The predicted octanol–water partition coefficient (Wildman–Crippen LogP) is 3.37. The van der Waals surface area contributed by atoms with Crippen LogP contribution in [0.5, 0.6) is 0 Å². The van der Waals surface area contributed by atoms with Crippen LogP contribution in [0.15, 0.2) is 48.7 Å². The molecule has 0 radical (unpaired) electrons. The number of nitriles is 1. The van der Waals surface area contributed by atoms with Crippen LogP contribution in [0.1, 0.15) is 5.56 Å². The van der Waals surface area contributed by atoms with E-state index >= 15 is 0 Å². The van der Waals surface area contributed by atoms with Gasteiger partial charge in [-0.2, -0.15) is 5.26 Å². The van der Waals surface area contributed by atoms with Crippen LogP contribution >= 0.6 is 0 Å². The van der Waals surface area contributed by atoms with Gasteiger partial charge in [0.05, 0.1) is 28.7 Å². The first-order valence-corrected chi connectivity index (χ1v) is 5.91. The van der Waals surface area contributed by atoms with Gasteiger partial charge in [0.25, 0.3) is 0 Å². The van der Waals surface area contributed by atoms with Gasteiger partial charge in [-0.3, -0.25) is 0 Å². The molecule has 0 aliphatic carbocycles. The molecule has 2 aromatic carbocycles. The second-order valence-electron chi connectivity index (χ2n) is 4.29. The van der Waals surface area contributed by atoms with Crippen LogP contribution < -0.4 is 11.1 Å². The highest BCUT2D eigenvalue weighted by atomic mass is 14.9. The zero-order valence-corrected chi connectivity index (χ0v) is 10.1. The Kier molecular flexibility index (Phi) is 2.58. The first-order valence-electron chi connectivity index (χ1n) is 5.91. The molecular formula is C15H12N4. The lowest BCUT2D eigenvalue weighted by atomic mass is 10.2. The molecule has 0 amide bonds. The van der Waals surface area contributed by atoms with Gasteiger partial charge < -0.3 is 16.0 Å². The van der Waals surface area contributed by atoms with E-state index in [0.717, 1.165) is 22.3 Å². The molecule has 1 aromatic heterocycles. The minimum absolute atomic E-state index is 0.557. The number of nitrogens with one attached hydrogen (secondary N) is 2. The third kappa shape index (κ3) is 1.98. The van der Waals surface area contributed by atoms with Gasteiger partial charge in [-0.25, -0.2) is 0 Å². The number of aromatic nitrogens is 1. The molecular weight excluding hydrogens is 236 g/mol. The van der Waals surface area contributed by atoms with E-state index in [1.807, 2.05) is 36.5 Å². The van der Waals surface area contributed by atoms with Crippen molar-refractivity contribution in [1.29, 1.82) is 5.26 Å². The quantitative estimate of drug-likeness (QED) is 0.608. The number of H-pyrrole nitrogens is 1. The van der Waals surface area contributed by atoms with Gasteiger partial charge in [-0.05, 0) is 24.3 Å². The average molecular weight is 248 g/mol. The molecule has 0 unspecified atom stereocenters. The third-order valence-corrected chi connectivity index (χ3v) is 3.04. The summed E-state index contributed by atoms with van der Waals surface area (Å²) in [5.41, 5.74) is 9.88. The molecule has 92 valence electrons. The van der Waals surface area contributed by atoms with Crippen molar-refractivity contribution in [3.05, 3.63) is 54.2 Å². The van der Waals surface area contributed by atoms with Gasteiger partial charge in [0.15, 0.2) is 0 Å². The summed E-state index contributed by atoms with van der Waals surface area (Å²) in [6.45, 7) is 0. The number of fused-ring (bicyclic) bond motifs is 1. The number of nitrogen functional groups attached to an aromatic ring is 1. The fraction of sp³-hybridized carbons (Fsp3) is 0. The number of nitrogens with zero attached hydrogens (tertiary/aromatic N) is 1. The molecule has 4 N–H and O–H groups in total. The number of nitrogens with two attached hydrogens (primary N) is 1. The highest BCUT2D eigenvalue weighted by molar-refractivity contribution is 5.95. The molecule has 0 saturated heterocycles. The maximum Gasteiger partial charge on any atom is 0.0992 e. The topological polar surface area (TPSA) is 77.6 Å². The third-order valence-electron chi connectivity index (χ3n) is 3.04. The molecule has 4 nitrogen and oxygen atoms in total. The maximum absolute atomic E-state index is 8.82. The van der Waals surface area contributed by atoms with Crippen molar-refractivity contribution in [2.75, 3.05) is 11.1 Å². The zero-order chi connectivity index (χ0) is 13.2. The highest BCUT2D eigenvalue weighted by Crippen LogP contribution is 2.29. The molecule has 1 heterocycles. The first kappa shape index (κ1) is 11.2. The summed E-state index contributed by atoms with van der Waals surface area (Å²) < 4.78 is 0. The monoisotopic (exact) mass is 248 g/mol. The van der Waals surface area contributed by atoms with Crippen molar-refractivity contribution in [3.63, 3.8) is 0 Å². The summed E-state index contributed by atoms with van der Waals surface area (Å²) in [7, 11) is 0. The molecule has 0 aliphatic rings. The van der Waals surface area contributed by atoms with Gasteiger partial charge in [0.2, 0.25) is 0 Å². The Hall–Kier alpha value is -2.93. The summed E-state index contributed by atoms with van der Waals surface area (Å²) >= 11 is 0. The number of benzene rings is 2. The van der Waals surface area contributed by atoms with Crippen LogP contribution in [-0.2, 0) is 0 Å². The Labute approximate surface area is 110 Å². The summed E-state index contributed by atoms with van der Waals surface area (Å²) in [6, 6.07) is 15.3. The van der Waals surface area contributed by atoms with E-state index < -0.39 is 0 Å². The van der Waals surface area contributed by atoms with Gasteiger partial charge in [-0.15, -0.1) is 0 Å². The first-order chi connectivity index (χ1) is 9.28. The van der Waals surface area contributed by atoms with E-state index in [-0.39, 0.29) is 0 Å². The van der Waals surface area contributed by atoms with E-state index in [9.17, 15) is 0 Å². The van der Waals surface area contributed by atoms with E-state index in [2.05, 4.69) is 16.4 Å². The van der Waals surface area contributed by atoms with Crippen LogP contribution in [0.4, 0.5) is 17.1 Å². The Morgan fingerprint density at radius 2 is 1.95 bits per heavy atom. The fourth-order valence-corrected chi connectivity index (χ4v) is 2.07. The minimum Gasteiger partial charge on any atom is -0.397 e. The van der Waals surface area contributed by atoms with Crippen LogP contribution in [0, 0.1) is 11.3 Å². The molecule has 0 aliphatic heterocycles. The SMILES string of the molecule is N#Cc1ccc(Nc2c[nH]c3ccccc23)c(N)c1. The Morgan fingerprint density at radius 1 is 1.11 bits per heavy atom. The second-order valence-corrected chi connectivity index (χ2v) is 4.29. The van der Waals surface area contributed by atoms with Crippen molar-refractivity contribution in [2.24, 2.45) is 0 Å². The van der Waals surface area contributed by atoms with Crippen molar-refractivity contribution >= 4 is 28.0 Å². The van der Waals surface area contributed by atoms with Gasteiger partial charge in [-0.1, -0.05) is 18.2 Å². The highest BCUT2D eigenvalue weighted by Gasteiger charge is 2.05. The molecule has 4 heteroatoms. The number of aromatic amines is 1. The van der Waals surface area contributed by atoms with Gasteiger partial charge in [0, 0.05) is 17.1 Å². The standard InChI is InChI=1S/C15H12N4/c16-8-10-5-6-14(12(17)7-10)19-15-9-18-13-4-2-1-3-11(13)15/h1-7,9,18-19H,17H2. The number of hydrogen-bond acceptors (Lipinski definition) is 3. The number of rotatable bonds is 2. The summed E-state index contributed by atoms with van der Waals surface area (Å²) in [5.74, 6) is 0. The van der Waals surface area contributed by atoms with Crippen LogP contribution in [0.2, 0.25) is 0 Å². The van der Waals surface area contributed by atoms with E-state index in [1.165, 1.54) is 0 Å². The molecule has 3 aromatic rings. The maximum atomic E-state index is 8.82. The van der Waals surface area contributed by atoms with Crippen molar-refractivity contribution in [2.45, 2.75) is 0 Å². The number of hydrogen-bond donors (Lipinski definition) is 3. The molecule has 0 fully saturated rings. The van der Waals surface area contributed by atoms with E-state index in [4.69, 9.17) is 11.0 Å². The minimum atomic E-state index is 0.557. The molecule has 0 saturated carbocycles. The molecule has 0 spiro atoms. The average Bonchev–Trinajstić information content (AvgIpc) is 2.84. The Bertz CT molecular complexity index is 780. The number of para-hydroxylation sites is 1. The largest absolute Gasteiger partial charge is 0.397 e. The molecule has 0 bridgehead atoms. The van der Waals surface area contributed by atoms with Crippen LogP contribution in [0.3, 0.4) is 0 Å². The molecule has 0 atom stereocenters. The lowest BCUT2D eigenvalue weighted by molar-refractivity contribution is 1.46. The van der Waals surface area contributed by atoms with Gasteiger partial charge >= 0.3 is 0 Å². The zero-order valence-electron chi connectivity index (χ0n) is 10.1. The second kappa shape index (κ2) is 4.39. The van der Waals surface area contributed by atoms with Crippen molar-refractivity contribution < 1.29 is 0 Å². The lowest BCUT2D eigenvalue weighted by Gasteiger charge is -2.08. The predicted molar refractivity (Wildman–Crippen MR) is 77.2 cm³/mol.